The Morgan fingerprint density at radius 1 is 1.27 bits per heavy atom. The molecule has 118 valence electrons. The van der Waals surface area contributed by atoms with E-state index in [0.29, 0.717) is 0 Å². The Morgan fingerprint density at radius 2 is 1.91 bits per heavy atom. The fourth-order valence-electron chi connectivity index (χ4n) is 3.37. The summed E-state index contributed by atoms with van der Waals surface area (Å²) >= 11 is 0. The molecule has 0 aromatic carbocycles. The Hall–Kier alpha value is -2.22. The highest BCUT2D eigenvalue weighted by Gasteiger charge is 2.41. The number of carboxylic acid groups (broad SMARTS) is 1. The summed E-state index contributed by atoms with van der Waals surface area (Å²) in [6, 6.07) is -0.413. The van der Waals surface area contributed by atoms with Gasteiger partial charge in [0.2, 0.25) is 0 Å². The van der Waals surface area contributed by atoms with Gasteiger partial charge in [-0.3, -0.25) is 19.1 Å². The van der Waals surface area contributed by atoms with Gasteiger partial charge in [0.25, 0.3) is 5.56 Å². The fraction of sp³-hybridized carbons (Fsp3) is 0.571. The number of ketones is 1. The first-order chi connectivity index (χ1) is 10.4. The number of carbonyl (C=O) groups is 2. The molecule has 1 aromatic heterocycles. The second-order valence-corrected chi connectivity index (χ2v) is 5.90. The van der Waals surface area contributed by atoms with Gasteiger partial charge in [0.05, 0.1) is 6.04 Å². The Balaban J connectivity index is 2.00. The quantitative estimate of drug-likeness (QED) is 0.791. The van der Waals surface area contributed by atoms with Crippen LogP contribution in [0.2, 0.25) is 0 Å². The molecule has 0 aliphatic carbocycles. The first kappa shape index (κ1) is 14.7. The molecular formula is C14H17N3O5. The van der Waals surface area contributed by atoms with Crippen molar-refractivity contribution < 1.29 is 14.7 Å². The van der Waals surface area contributed by atoms with Crippen molar-refractivity contribution in [3.63, 3.8) is 0 Å². The summed E-state index contributed by atoms with van der Waals surface area (Å²) in [6.45, 7) is 3.16. The zero-order chi connectivity index (χ0) is 16.0. The van der Waals surface area contributed by atoms with Crippen molar-refractivity contribution in [1.29, 1.82) is 0 Å². The summed E-state index contributed by atoms with van der Waals surface area (Å²) < 4.78 is 1.35. The predicted molar refractivity (Wildman–Crippen MR) is 76.2 cm³/mol. The average molecular weight is 307 g/mol. The van der Waals surface area contributed by atoms with E-state index in [1.54, 1.807) is 0 Å². The number of rotatable bonds is 2. The SMILES string of the molecule is Cc1cn(CC2C(=O)C3CCN2CC3)c(=O)n(C(=O)O)c1=O. The topological polar surface area (TPSA) is 102 Å². The summed E-state index contributed by atoms with van der Waals surface area (Å²) in [7, 11) is 0. The number of piperidine rings is 3. The van der Waals surface area contributed by atoms with Crippen LogP contribution in [-0.2, 0) is 11.3 Å². The number of aryl methyl sites for hydroxylation is 1. The molecule has 3 aliphatic heterocycles. The number of hydrogen-bond acceptors (Lipinski definition) is 5. The van der Waals surface area contributed by atoms with Gasteiger partial charge in [0.15, 0.2) is 5.78 Å². The third kappa shape index (κ3) is 2.19. The number of hydrogen-bond donors (Lipinski definition) is 1. The zero-order valence-electron chi connectivity index (χ0n) is 12.2. The predicted octanol–water partition coefficient (Wildman–Crippen LogP) is -0.492. The first-order valence-corrected chi connectivity index (χ1v) is 7.24. The lowest BCUT2D eigenvalue weighted by Gasteiger charge is -2.44. The zero-order valence-corrected chi connectivity index (χ0v) is 12.2. The Labute approximate surface area is 125 Å². The minimum atomic E-state index is -1.61. The van der Waals surface area contributed by atoms with Crippen LogP contribution < -0.4 is 11.2 Å². The van der Waals surface area contributed by atoms with Gasteiger partial charge in [0, 0.05) is 24.2 Å². The highest BCUT2D eigenvalue weighted by Crippen LogP contribution is 2.29. The van der Waals surface area contributed by atoms with Crippen molar-refractivity contribution in [2.75, 3.05) is 13.1 Å². The van der Waals surface area contributed by atoms with Crippen molar-refractivity contribution >= 4 is 11.9 Å². The highest BCUT2D eigenvalue weighted by molar-refractivity contribution is 5.87. The first-order valence-electron chi connectivity index (χ1n) is 7.24. The van der Waals surface area contributed by atoms with Crippen molar-refractivity contribution in [2.45, 2.75) is 32.4 Å². The van der Waals surface area contributed by atoms with Gasteiger partial charge in [-0.2, -0.15) is 4.57 Å². The Morgan fingerprint density at radius 3 is 2.45 bits per heavy atom. The van der Waals surface area contributed by atoms with Crippen LogP contribution in [0.15, 0.2) is 15.8 Å². The van der Waals surface area contributed by atoms with Crippen molar-refractivity contribution in [1.82, 2.24) is 14.0 Å². The number of fused-ring (bicyclic) bond motifs is 3. The van der Waals surface area contributed by atoms with E-state index >= 15 is 0 Å². The molecule has 8 nitrogen and oxygen atoms in total. The molecule has 1 atom stereocenters. The van der Waals surface area contributed by atoms with Crippen LogP contribution in [-0.4, -0.2) is 50.1 Å². The van der Waals surface area contributed by atoms with E-state index in [9.17, 15) is 19.2 Å². The van der Waals surface area contributed by atoms with Gasteiger partial charge >= 0.3 is 11.8 Å². The van der Waals surface area contributed by atoms with Crippen LogP contribution in [0.1, 0.15) is 18.4 Å². The second-order valence-electron chi connectivity index (χ2n) is 5.90. The summed E-state index contributed by atoms with van der Waals surface area (Å²) in [5.41, 5.74) is -1.60. The normalized spacial score (nSPS) is 27.1. The maximum atomic E-state index is 12.3. The lowest BCUT2D eigenvalue weighted by atomic mass is 9.82. The molecule has 3 fully saturated rings. The standard InChI is InChI=1S/C14H17N3O5/c1-8-6-16(13(20)17(12(8)19)14(21)22)7-10-11(18)9-2-4-15(10)5-3-9/h6,9-10H,2-5,7H2,1H3,(H,21,22). The molecule has 1 N–H and O–H groups in total. The van der Waals surface area contributed by atoms with E-state index in [1.807, 2.05) is 4.90 Å². The molecule has 22 heavy (non-hydrogen) atoms. The Bertz CT molecular complexity index is 755. The van der Waals surface area contributed by atoms with Gasteiger partial charge in [0.1, 0.15) is 0 Å². The third-order valence-electron chi connectivity index (χ3n) is 4.59. The molecule has 8 heteroatoms. The summed E-state index contributed by atoms with van der Waals surface area (Å²) in [4.78, 5) is 49.4. The van der Waals surface area contributed by atoms with E-state index in [2.05, 4.69) is 0 Å². The molecular weight excluding hydrogens is 290 g/mol. The lowest BCUT2D eigenvalue weighted by Crippen LogP contribution is -2.58. The number of Topliss-reactive ketones (excluding diaryl/α,β-unsaturated/α-hetero) is 1. The van der Waals surface area contributed by atoms with E-state index in [-0.39, 0.29) is 28.4 Å². The van der Waals surface area contributed by atoms with Crippen LogP contribution in [0.5, 0.6) is 0 Å². The van der Waals surface area contributed by atoms with Crippen LogP contribution in [0.25, 0.3) is 0 Å². The van der Waals surface area contributed by atoms with Gasteiger partial charge in [-0.05, 0) is 32.9 Å². The maximum absolute atomic E-state index is 12.3. The molecule has 0 amide bonds. The molecule has 3 aliphatic rings. The Kier molecular flexibility index (Phi) is 3.48. The summed E-state index contributed by atoms with van der Waals surface area (Å²) in [5, 5.41) is 9.03. The van der Waals surface area contributed by atoms with E-state index in [1.165, 1.54) is 13.1 Å². The monoisotopic (exact) mass is 307 g/mol. The van der Waals surface area contributed by atoms with Gasteiger partial charge in [-0.1, -0.05) is 0 Å². The van der Waals surface area contributed by atoms with Crippen molar-refractivity contribution in [2.24, 2.45) is 5.92 Å². The average Bonchev–Trinajstić information content (AvgIpc) is 2.48. The van der Waals surface area contributed by atoms with E-state index in [4.69, 9.17) is 5.11 Å². The number of nitrogens with zero attached hydrogens (tertiary/aromatic N) is 3. The largest absolute Gasteiger partial charge is 0.464 e. The van der Waals surface area contributed by atoms with E-state index in [0.717, 1.165) is 30.5 Å². The van der Waals surface area contributed by atoms with Gasteiger partial charge < -0.3 is 5.11 Å². The number of aromatic nitrogens is 2. The van der Waals surface area contributed by atoms with Gasteiger partial charge in [-0.15, -0.1) is 0 Å². The minimum absolute atomic E-state index is 0.0391. The van der Waals surface area contributed by atoms with Crippen LogP contribution >= 0.6 is 0 Å². The van der Waals surface area contributed by atoms with Gasteiger partial charge in [-0.25, -0.2) is 9.59 Å². The van der Waals surface area contributed by atoms with Crippen LogP contribution in [0.3, 0.4) is 0 Å². The third-order valence-corrected chi connectivity index (χ3v) is 4.59. The molecule has 0 spiro atoms. The van der Waals surface area contributed by atoms with Crippen LogP contribution in [0.4, 0.5) is 4.79 Å². The van der Waals surface area contributed by atoms with Crippen molar-refractivity contribution in [3.05, 3.63) is 32.6 Å². The summed E-state index contributed by atoms with van der Waals surface area (Å²) in [6.07, 6.45) is 1.42. The second kappa shape index (κ2) is 5.20. The minimum Gasteiger partial charge on any atom is -0.464 e. The fourth-order valence-corrected chi connectivity index (χ4v) is 3.37. The molecule has 1 unspecified atom stereocenters. The molecule has 4 rings (SSSR count). The molecule has 0 saturated carbocycles. The number of carbonyl (C=O) groups excluding carboxylic acids is 1. The molecule has 0 radical (unpaired) electrons. The van der Waals surface area contributed by atoms with E-state index < -0.39 is 23.4 Å². The smallest absolute Gasteiger partial charge is 0.422 e. The molecule has 1 aromatic rings. The highest BCUT2D eigenvalue weighted by atomic mass is 16.4. The molecule has 4 heterocycles. The van der Waals surface area contributed by atoms with Crippen molar-refractivity contribution in [3.8, 4) is 0 Å². The summed E-state index contributed by atoms with van der Waals surface area (Å²) in [5.74, 6) is 0.146. The maximum Gasteiger partial charge on any atom is 0.422 e. The molecule has 2 bridgehead atoms. The lowest BCUT2D eigenvalue weighted by molar-refractivity contribution is -0.137. The molecule has 3 saturated heterocycles. The van der Waals surface area contributed by atoms with Crippen LogP contribution in [0, 0.1) is 12.8 Å².